The summed E-state index contributed by atoms with van der Waals surface area (Å²) in [5, 5.41) is 20.7. The molecule has 2 aromatic carbocycles. The Hall–Kier alpha value is -2.94. The van der Waals surface area contributed by atoms with E-state index in [-0.39, 0.29) is 16.8 Å². The minimum Gasteiger partial charge on any atom is -0.507 e. The fourth-order valence-corrected chi connectivity index (χ4v) is 1.60. The zero-order valence-corrected chi connectivity index (χ0v) is 10.0. The molecule has 0 atom stereocenters. The van der Waals surface area contributed by atoms with Gasteiger partial charge in [-0.1, -0.05) is 0 Å². The molecule has 4 nitrogen and oxygen atoms in total. The molecule has 0 aromatic heterocycles. The molecule has 20 heavy (non-hydrogen) atoms. The quantitative estimate of drug-likeness (QED) is 0.884. The minimum atomic E-state index is -0.731. The molecule has 6 heteroatoms. The lowest BCUT2D eigenvalue weighted by Crippen LogP contribution is -2.13. The number of nitriles is 1. The summed E-state index contributed by atoms with van der Waals surface area (Å²) in [4.78, 5) is 11.9. The predicted molar refractivity (Wildman–Crippen MR) is 67.1 cm³/mol. The molecule has 2 rings (SSSR count). The van der Waals surface area contributed by atoms with Crippen molar-refractivity contribution in [1.82, 2.24) is 0 Å². The smallest absolute Gasteiger partial charge is 0.259 e. The summed E-state index contributed by atoms with van der Waals surface area (Å²) in [5.74, 6) is -2.54. The number of nitrogens with zero attached hydrogens (tertiary/aromatic N) is 1. The summed E-state index contributed by atoms with van der Waals surface area (Å²) in [6, 6.07) is 7.95. The van der Waals surface area contributed by atoms with Gasteiger partial charge in [0, 0.05) is 6.07 Å². The number of aromatic hydroxyl groups is 1. The summed E-state index contributed by atoms with van der Waals surface area (Å²) >= 11 is 0. The molecule has 0 aliphatic rings. The molecular weight excluding hydrogens is 266 g/mol. The number of nitrogens with one attached hydrogen (secondary N) is 1. The third-order valence-corrected chi connectivity index (χ3v) is 2.55. The number of carbonyl (C=O) groups excluding carboxylic acids is 1. The van der Waals surface area contributed by atoms with Crippen LogP contribution in [0.15, 0.2) is 36.4 Å². The van der Waals surface area contributed by atoms with Crippen molar-refractivity contribution in [3.8, 4) is 11.8 Å². The second-order valence-corrected chi connectivity index (χ2v) is 3.92. The largest absolute Gasteiger partial charge is 0.507 e. The van der Waals surface area contributed by atoms with Crippen molar-refractivity contribution in [3.05, 3.63) is 59.2 Å². The number of hydrogen-bond donors (Lipinski definition) is 2. The zero-order valence-electron chi connectivity index (χ0n) is 10.0. The van der Waals surface area contributed by atoms with Gasteiger partial charge in [-0.3, -0.25) is 4.79 Å². The van der Waals surface area contributed by atoms with Crippen LogP contribution in [0.25, 0.3) is 0 Å². The first-order valence-electron chi connectivity index (χ1n) is 5.51. The first-order valence-corrected chi connectivity index (χ1v) is 5.51. The van der Waals surface area contributed by atoms with E-state index in [2.05, 4.69) is 5.32 Å². The van der Waals surface area contributed by atoms with Gasteiger partial charge in [-0.05, 0) is 30.3 Å². The monoisotopic (exact) mass is 274 g/mol. The molecule has 100 valence electrons. The molecule has 0 unspecified atom stereocenters. The lowest BCUT2D eigenvalue weighted by molar-refractivity contribution is 0.102. The Bertz CT molecular complexity index is 724. The van der Waals surface area contributed by atoms with Gasteiger partial charge < -0.3 is 10.4 Å². The van der Waals surface area contributed by atoms with E-state index < -0.39 is 23.3 Å². The Morgan fingerprint density at radius 2 is 1.80 bits per heavy atom. The summed E-state index contributed by atoms with van der Waals surface area (Å²) < 4.78 is 25.8. The van der Waals surface area contributed by atoms with Crippen molar-refractivity contribution < 1.29 is 18.7 Å². The van der Waals surface area contributed by atoms with Gasteiger partial charge in [-0.2, -0.15) is 5.26 Å². The second-order valence-electron chi connectivity index (χ2n) is 3.92. The average molecular weight is 274 g/mol. The Kier molecular flexibility index (Phi) is 3.62. The number of amides is 1. The molecule has 0 bridgehead atoms. The van der Waals surface area contributed by atoms with E-state index in [9.17, 15) is 18.7 Å². The molecule has 0 heterocycles. The van der Waals surface area contributed by atoms with Crippen LogP contribution in [-0.4, -0.2) is 11.0 Å². The van der Waals surface area contributed by atoms with Crippen molar-refractivity contribution in [2.24, 2.45) is 0 Å². The highest BCUT2D eigenvalue weighted by atomic mass is 19.1. The Morgan fingerprint density at radius 3 is 2.45 bits per heavy atom. The van der Waals surface area contributed by atoms with Gasteiger partial charge in [-0.15, -0.1) is 0 Å². The van der Waals surface area contributed by atoms with Crippen molar-refractivity contribution in [3.63, 3.8) is 0 Å². The maximum Gasteiger partial charge on any atom is 0.259 e. The minimum absolute atomic E-state index is 0.0556. The summed E-state index contributed by atoms with van der Waals surface area (Å²) in [7, 11) is 0. The highest BCUT2D eigenvalue weighted by molar-refractivity contribution is 6.06. The first-order chi connectivity index (χ1) is 9.51. The SMILES string of the molecule is N#Cc1cc(F)ccc1NC(=O)c1ccc(F)cc1O. The summed E-state index contributed by atoms with van der Waals surface area (Å²) in [5.41, 5.74) is -0.109. The van der Waals surface area contributed by atoms with Crippen LogP contribution in [0.2, 0.25) is 0 Å². The molecule has 0 saturated carbocycles. The lowest BCUT2D eigenvalue weighted by Gasteiger charge is -2.08. The molecule has 2 aromatic rings. The van der Waals surface area contributed by atoms with Crippen molar-refractivity contribution >= 4 is 11.6 Å². The molecule has 0 radical (unpaired) electrons. The van der Waals surface area contributed by atoms with E-state index >= 15 is 0 Å². The standard InChI is InChI=1S/C14H8F2N2O2/c15-9-2-4-12(8(5-9)7-17)18-14(20)11-3-1-10(16)6-13(11)19/h1-6,19H,(H,18,20). The Balaban J connectivity index is 2.31. The number of phenolic OH excluding ortho intramolecular Hbond substituents is 1. The third kappa shape index (κ3) is 2.72. The van der Waals surface area contributed by atoms with E-state index in [4.69, 9.17) is 5.26 Å². The predicted octanol–water partition coefficient (Wildman–Crippen LogP) is 2.79. The van der Waals surface area contributed by atoms with Crippen LogP contribution in [0.3, 0.4) is 0 Å². The van der Waals surface area contributed by atoms with Gasteiger partial charge in [0.15, 0.2) is 0 Å². The van der Waals surface area contributed by atoms with E-state index in [1.807, 2.05) is 0 Å². The molecule has 0 aliphatic heterocycles. The fraction of sp³-hybridized carbons (Fsp3) is 0. The molecule has 0 fully saturated rings. The molecule has 0 aliphatic carbocycles. The van der Waals surface area contributed by atoms with Gasteiger partial charge in [-0.25, -0.2) is 8.78 Å². The van der Waals surface area contributed by atoms with Crippen LogP contribution >= 0.6 is 0 Å². The van der Waals surface area contributed by atoms with Gasteiger partial charge in [0.25, 0.3) is 5.91 Å². The van der Waals surface area contributed by atoms with E-state index in [0.29, 0.717) is 0 Å². The van der Waals surface area contributed by atoms with Crippen molar-refractivity contribution in [2.45, 2.75) is 0 Å². The highest BCUT2D eigenvalue weighted by Crippen LogP contribution is 2.21. The number of halogens is 2. The fourth-order valence-electron chi connectivity index (χ4n) is 1.60. The maximum atomic E-state index is 13.0. The second kappa shape index (κ2) is 5.36. The summed E-state index contributed by atoms with van der Waals surface area (Å²) in [6.45, 7) is 0. The van der Waals surface area contributed by atoms with Gasteiger partial charge >= 0.3 is 0 Å². The number of carbonyl (C=O) groups is 1. The topological polar surface area (TPSA) is 73.1 Å². The van der Waals surface area contributed by atoms with Gasteiger partial charge in [0.05, 0.1) is 16.8 Å². The molecule has 1 amide bonds. The van der Waals surface area contributed by atoms with Gasteiger partial charge in [0.1, 0.15) is 23.5 Å². The molecular formula is C14H8F2N2O2. The van der Waals surface area contributed by atoms with E-state index in [0.717, 1.165) is 30.3 Å². The maximum absolute atomic E-state index is 13.0. The number of hydrogen-bond acceptors (Lipinski definition) is 3. The van der Waals surface area contributed by atoms with E-state index in [1.165, 1.54) is 6.07 Å². The van der Waals surface area contributed by atoms with Gasteiger partial charge in [0.2, 0.25) is 0 Å². The molecule has 0 saturated heterocycles. The van der Waals surface area contributed by atoms with Crippen molar-refractivity contribution in [1.29, 1.82) is 5.26 Å². The summed E-state index contributed by atoms with van der Waals surface area (Å²) in [6.07, 6.45) is 0. The number of phenols is 1. The third-order valence-electron chi connectivity index (χ3n) is 2.55. The number of anilines is 1. The van der Waals surface area contributed by atoms with Crippen LogP contribution in [0.1, 0.15) is 15.9 Å². The van der Waals surface area contributed by atoms with Crippen LogP contribution in [0.5, 0.6) is 5.75 Å². The first kappa shape index (κ1) is 13.5. The normalized spacial score (nSPS) is 9.85. The molecule has 0 spiro atoms. The van der Waals surface area contributed by atoms with E-state index in [1.54, 1.807) is 6.07 Å². The van der Waals surface area contributed by atoms with Crippen molar-refractivity contribution in [2.75, 3.05) is 5.32 Å². The average Bonchev–Trinajstić information content (AvgIpc) is 2.40. The van der Waals surface area contributed by atoms with Crippen LogP contribution in [-0.2, 0) is 0 Å². The lowest BCUT2D eigenvalue weighted by atomic mass is 10.1. The number of benzene rings is 2. The molecule has 2 N–H and O–H groups in total. The Morgan fingerprint density at radius 1 is 1.15 bits per heavy atom. The van der Waals surface area contributed by atoms with Crippen LogP contribution in [0, 0.1) is 23.0 Å². The Labute approximate surface area is 112 Å². The van der Waals surface area contributed by atoms with Crippen LogP contribution < -0.4 is 5.32 Å². The van der Waals surface area contributed by atoms with Crippen LogP contribution in [0.4, 0.5) is 14.5 Å². The number of rotatable bonds is 2. The highest BCUT2D eigenvalue weighted by Gasteiger charge is 2.14. The zero-order chi connectivity index (χ0) is 14.7.